The van der Waals surface area contributed by atoms with Gasteiger partial charge in [0.15, 0.2) is 5.69 Å². The van der Waals surface area contributed by atoms with E-state index in [1.165, 1.54) is 0 Å². The molecule has 21 heavy (non-hydrogen) atoms. The molecule has 0 spiro atoms. The fraction of sp³-hybridized carbons (Fsp3) is 0.267. The fourth-order valence-corrected chi connectivity index (χ4v) is 2.08. The second kappa shape index (κ2) is 7.17. The van der Waals surface area contributed by atoms with Gasteiger partial charge < -0.3 is 10.6 Å². The highest BCUT2D eigenvalue weighted by Crippen LogP contribution is 2.21. The van der Waals surface area contributed by atoms with Crippen molar-refractivity contribution >= 4 is 33.3 Å². The Kier molecular flexibility index (Phi) is 5.27. The number of amides is 1. The number of aromatic nitrogens is 2. The highest BCUT2D eigenvalue weighted by molar-refractivity contribution is 9.10. The Morgan fingerprint density at radius 1 is 1.24 bits per heavy atom. The number of halogens is 1. The maximum absolute atomic E-state index is 12.2. The summed E-state index contributed by atoms with van der Waals surface area (Å²) in [6.07, 6.45) is 1.01. The van der Waals surface area contributed by atoms with Crippen molar-refractivity contribution in [1.82, 2.24) is 10.2 Å². The first-order valence-electron chi connectivity index (χ1n) is 6.75. The van der Waals surface area contributed by atoms with Gasteiger partial charge in [-0.05, 0) is 43.2 Å². The van der Waals surface area contributed by atoms with Gasteiger partial charge in [-0.3, -0.25) is 4.79 Å². The number of nitrogens with zero attached hydrogens (tertiary/aromatic N) is 2. The van der Waals surface area contributed by atoms with Crippen LogP contribution in [0.15, 0.2) is 34.8 Å². The smallest absolute Gasteiger partial charge is 0.276 e. The van der Waals surface area contributed by atoms with Crippen LogP contribution >= 0.6 is 15.9 Å². The van der Waals surface area contributed by atoms with Crippen LogP contribution in [0, 0.1) is 6.92 Å². The first kappa shape index (κ1) is 15.4. The number of benzene rings is 1. The summed E-state index contributed by atoms with van der Waals surface area (Å²) in [4.78, 5) is 12.2. The van der Waals surface area contributed by atoms with Crippen molar-refractivity contribution in [1.29, 1.82) is 0 Å². The van der Waals surface area contributed by atoms with Gasteiger partial charge in [-0.15, -0.1) is 10.2 Å². The van der Waals surface area contributed by atoms with Gasteiger partial charge >= 0.3 is 0 Å². The van der Waals surface area contributed by atoms with Gasteiger partial charge in [0.2, 0.25) is 0 Å². The Bertz CT molecular complexity index is 628. The fourth-order valence-electron chi connectivity index (χ4n) is 1.72. The van der Waals surface area contributed by atoms with Gasteiger partial charge in [0.05, 0.1) is 0 Å². The van der Waals surface area contributed by atoms with Gasteiger partial charge in [0.25, 0.3) is 5.91 Å². The number of rotatable bonds is 5. The molecule has 0 aliphatic carbocycles. The summed E-state index contributed by atoms with van der Waals surface area (Å²) in [5.41, 5.74) is 2.03. The molecule has 0 fully saturated rings. The lowest BCUT2D eigenvalue weighted by molar-refractivity contribution is 0.102. The monoisotopic (exact) mass is 348 g/mol. The highest BCUT2D eigenvalue weighted by Gasteiger charge is 2.10. The summed E-state index contributed by atoms with van der Waals surface area (Å²) in [7, 11) is 0. The first-order valence-corrected chi connectivity index (χ1v) is 7.54. The second-order valence-electron chi connectivity index (χ2n) is 4.64. The van der Waals surface area contributed by atoms with Gasteiger partial charge in [-0.1, -0.05) is 28.9 Å². The van der Waals surface area contributed by atoms with E-state index in [1.54, 1.807) is 12.1 Å². The van der Waals surface area contributed by atoms with Crippen molar-refractivity contribution in [3.63, 3.8) is 0 Å². The number of anilines is 2. The number of nitrogens with one attached hydrogen (secondary N) is 2. The molecular weight excluding hydrogens is 332 g/mol. The van der Waals surface area contributed by atoms with E-state index in [-0.39, 0.29) is 11.6 Å². The molecule has 0 saturated carbocycles. The molecule has 1 heterocycles. The Hall–Kier alpha value is -1.95. The van der Waals surface area contributed by atoms with E-state index in [4.69, 9.17) is 0 Å². The zero-order valence-electron chi connectivity index (χ0n) is 12.0. The summed E-state index contributed by atoms with van der Waals surface area (Å²) < 4.78 is 0.911. The zero-order chi connectivity index (χ0) is 15.2. The van der Waals surface area contributed by atoms with E-state index >= 15 is 0 Å². The topological polar surface area (TPSA) is 66.9 Å². The average molecular weight is 349 g/mol. The largest absolute Gasteiger partial charge is 0.369 e. The van der Waals surface area contributed by atoms with Crippen LogP contribution in [-0.4, -0.2) is 22.6 Å². The number of hydrogen-bond donors (Lipinski definition) is 2. The van der Waals surface area contributed by atoms with E-state index in [0.29, 0.717) is 5.82 Å². The molecule has 0 unspecified atom stereocenters. The van der Waals surface area contributed by atoms with E-state index in [2.05, 4.69) is 43.7 Å². The quantitative estimate of drug-likeness (QED) is 0.865. The Morgan fingerprint density at radius 2 is 2.05 bits per heavy atom. The molecule has 6 heteroatoms. The van der Waals surface area contributed by atoms with Crippen LogP contribution in [-0.2, 0) is 0 Å². The van der Waals surface area contributed by atoms with Crippen LogP contribution in [0.1, 0.15) is 29.4 Å². The van der Waals surface area contributed by atoms with E-state index in [9.17, 15) is 4.79 Å². The molecule has 1 aromatic heterocycles. The molecule has 0 atom stereocenters. The maximum atomic E-state index is 12.2. The molecule has 110 valence electrons. The molecule has 5 nitrogen and oxygen atoms in total. The highest BCUT2D eigenvalue weighted by atomic mass is 79.9. The molecule has 2 aromatic rings. The summed E-state index contributed by atoms with van der Waals surface area (Å²) >= 11 is 3.39. The normalized spacial score (nSPS) is 10.2. The van der Waals surface area contributed by atoms with Crippen molar-refractivity contribution in [2.75, 3.05) is 17.2 Å². The third-order valence-electron chi connectivity index (χ3n) is 2.90. The van der Waals surface area contributed by atoms with Crippen LogP contribution in [0.2, 0.25) is 0 Å². The lowest BCUT2D eigenvalue weighted by Gasteiger charge is -2.08. The van der Waals surface area contributed by atoms with Gasteiger partial charge in [0.1, 0.15) is 5.82 Å². The minimum absolute atomic E-state index is 0.272. The molecule has 0 bridgehead atoms. The average Bonchev–Trinajstić information content (AvgIpc) is 2.49. The number of hydrogen-bond acceptors (Lipinski definition) is 4. The molecule has 2 N–H and O–H groups in total. The standard InChI is InChI=1S/C15H17BrN4O/c1-3-8-17-14-7-6-12(19-20-14)15(21)18-13-9-11(16)5-4-10(13)2/h4-7,9H,3,8H2,1-2H3,(H,17,20)(H,18,21). The first-order chi connectivity index (χ1) is 10.1. The second-order valence-corrected chi connectivity index (χ2v) is 5.56. The lowest BCUT2D eigenvalue weighted by atomic mass is 10.2. The van der Waals surface area contributed by atoms with Crippen molar-refractivity contribution < 1.29 is 4.79 Å². The van der Waals surface area contributed by atoms with Crippen molar-refractivity contribution in [2.45, 2.75) is 20.3 Å². The molecule has 1 aromatic carbocycles. The molecule has 1 amide bonds. The molecule has 0 saturated heterocycles. The molecule has 0 radical (unpaired) electrons. The number of aryl methyl sites for hydroxylation is 1. The molecule has 0 aliphatic rings. The van der Waals surface area contributed by atoms with Crippen LogP contribution in [0.25, 0.3) is 0 Å². The molecule has 0 aliphatic heterocycles. The minimum Gasteiger partial charge on any atom is -0.369 e. The van der Waals surface area contributed by atoms with Crippen molar-refractivity contribution in [3.05, 3.63) is 46.1 Å². The predicted octanol–water partition coefficient (Wildman–Crippen LogP) is 3.62. The summed E-state index contributed by atoms with van der Waals surface area (Å²) in [6, 6.07) is 9.14. The molecule has 2 rings (SSSR count). The summed E-state index contributed by atoms with van der Waals surface area (Å²) in [5.74, 6) is 0.401. The maximum Gasteiger partial charge on any atom is 0.276 e. The van der Waals surface area contributed by atoms with E-state index in [0.717, 1.165) is 28.7 Å². The Morgan fingerprint density at radius 3 is 2.71 bits per heavy atom. The minimum atomic E-state index is -0.272. The van der Waals surface area contributed by atoms with Crippen LogP contribution < -0.4 is 10.6 Å². The van der Waals surface area contributed by atoms with Crippen LogP contribution in [0.5, 0.6) is 0 Å². The van der Waals surface area contributed by atoms with Crippen LogP contribution in [0.4, 0.5) is 11.5 Å². The SMILES string of the molecule is CCCNc1ccc(C(=O)Nc2cc(Br)ccc2C)nn1. The Balaban J connectivity index is 2.07. The number of carbonyl (C=O) groups is 1. The van der Waals surface area contributed by atoms with Crippen LogP contribution in [0.3, 0.4) is 0 Å². The van der Waals surface area contributed by atoms with E-state index < -0.39 is 0 Å². The molecular formula is C15H17BrN4O. The lowest BCUT2D eigenvalue weighted by Crippen LogP contribution is -2.15. The van der Waals surface area contributed by atoms with Crippen molar-refractivity contribution in [3.8, 4) is 0 Å². The van der Waals surface area contributed by atoms with Gasteiger partial charge in [0, 0.05) is 16.7 Å². The van der Waals surface area contributed by atoms with Gasteiger partial charge in [-0.2, -0.15) is 0 Å². The third-order valence-corrected chi connectivity index (χ3v) is 3.39. The number of carbonyl (C=O) groups excluding carboxylic acids is 1. The van der Waals surface area contributed by atoms with Gasteiger partial charge in [-0.25, -0.2) is 0 Å². The predicted molar refractivity (Wildman–Crippen MR) is 87.6 cm³/mol. The third kappa shape index (κ3) is 4.26. The summed E-state index contributed by atoms with van der Waals surface area (Å²) in [6.45, 7) is 4.84. The Labute approximate surface area is 132 Å². The van der Waals surface area contributed by atoms with Crippen molar-refractivity contribution in [2.24, 2.45) is 0 Å². The van der Waals surface area contributed by atoms with E-state index in [1.807, 2.05) is 25.1 Å². The zero-order valence-corrected chi connectivity index (χ0v) is 13.6. The summed E-state index contributed by atoms with van der Waals surface area (Å²) in [5, 5.41) is 13.9.